The van der Waals surface area contributed by atoms with Gasteiger partial charge >= 0.3 is 6.03 Å². The molecule has 2 amide bonds. The third-order valence-corrected chi connectivity index (χ3v) is 6.28. The van der Waals surface area contributed by atoms with Gasteiger partial charge in [0.2, 0.25) is 0 Å². The highest BCUT2D eigenvalue weighted by Crippen LogP contribution is 2.32. The lowest BCUT2D eigenvalue weighted by Gasteiger charge is -2.39. The number of nitrogens with one attached hydrogen (secondary N) is 2. The van der Waals surface area contributed by atoms with Crippen LogP contribution in [-0.2, 0) is 17.7 Å². The van der Waals surface area contributed by atoms with Gasteiger partial charge < -0.3 is 20.3 Å². The highest BCUT2D eigenvalue weighted by atomic mass is 16.5. The van der Waals surface area contributed by atoms with Crippen molar-refractivity contribution < 1.29 is 9.53 Å². The van der Waals surface area contributed by atoms with E-state index in [-0.39, 0.29) is 6.03 Å². The topological polar surface area (TPSA) is 82.6 Å². The third kappa shape index (κ3) is 4.86. The number of urea groups is 1. The van der Waals surface area contributed by atoms with E-state index in [0.29, 0.717) is 12.6 Å². The Kier molecular flexibility index (Phi) is 7.22. The second-order valence-corrected chi connectivity index (χ2v) is 8.31. The summed E-state index contributed by atoms with van der Waals surface area (Å²) in [5.74, 6) is 1.81. The Morgan fingerprint density at radius 3 is 2.69 bits per heavy atom. The fourth-order valence-corrected chi connectivity index (χ4v) is 4.41. The van der Waals surface area contributed by atoms with E-state index in [1.807, 2.05) is 31.2 Å². The molecule has 8 heteroatoms. The summed E-state index contributed by atoms with van der Waals surface area (Å²) in [6, 6.07) is 7.88. The molecule has 0 radical (unpaired) electrons. The zero-order valence-electron chi connectivity index (χ0n) is 19.4. The van der Waals surface area contributed by atoms with Crippen molar-refractivity contribution in [3.05, 3.63) is 35.5 Å². The number of rotatable bonds is 6. The molecule has 1 aromatic heterocycles. The van der Waals surface area contributed by atoms with Gasteiger partial charge in [-0.25, -0.2) is 14.8 Å². The molecule has 4 rings (SSSR count). The van der Waals surface area contributed by atoms with Gasteiger partial charge in [-0.2, -0.15) is 0 Å². The van der Waals surface area contributed by atoms with Crippen molar-refractivity contribution >= 4 is 17.5 Å². The van der Waals surface area contributed by atoms with Crippen LogP contribution < -0.4 is 15.5 Å². The van der Waals surface area contributed by atoms with Crippen molar-refractivity contribution in [2.24, 2.45) is 0 Å². The van der Waals surface area contributed by atoms with Crippen LogP contribution in [-0.4, -0.2) is 66.3 Å². The first kappa shape index (κ1) is 22.5. The minimum atomic E-state index is -0.204. The minimum absolute atomic E-state index is 0.204. The lowest BCUT2D eigenvalue weighted by Crippen LogP contribution is -2.46. The van der Waals surface area contributed by atoms with Gasteiger partial charge in [0, 0.05) is 43.0 Å². The molecule has 0 spiro atoms. The second kappa shape index (κ2) is 10.3. The van der Waals surface area contributed by atoms with Gasteiger partial charge in [0.1, 0.15) is 5.82 Å². The van der Waals surface area contributed by atoms with Gasteiger partial charge in [-0.3, -0.25) is 4.90 Å². The van der Waals surface area contributed by atoms with Crippen molar-refractivity contribution in [1.29, 1.82) is 0 Å². The van der Waals surface area contributed by atoms with E-state index in [1.54, 1.807) is 0 Å². The lowest BCUT2D eigenvalue weighted by atomic mass is 10.0. The van der Waals surface area contributed by atoms with Crippen molar-refractivity contribution in [1.82, 2.24) is 20.2 Å². The van der Waals surface area contributed by atoms with E-state index in [0.717, 1.165) is 80.8 Å². The zero-order valence-corrected chi connectivity index (χ0v) is 19.4. The summed E-state index contributed by atoms with van der Waals surface area (Å²) in [6.45, 7) is 12.1. The van der Waals surface area contributed by atoms with Gasteiger partial charge in [0.25, 0.3) is 0 Å². The molecular formula is C24H34N6O2. The summed E-state index contributed by atoms with van der Waals surface area (Å²) in [5.41, 5.74) is 4.11. The SMILES string of the molecule is CCNC(=O)Nc1ccc(-c2nc3c(c(N4CCOC[C@@H]4CC)n2)CCN(CC)C3)cc1. The van der Waals surface area contributed by atoms with Crippen molar-refractivity contribution in [3.8, 4) is 11.4 Å². The van der Waals surface area contributed by atoms with E-state index >= 15 is 0 Å². The fourth-order valence-electron chi connectivity index (χ4n) is 4.41. The first-order chi connectivity index (χ1) is 15.6. The van der Waals surface area contributed by atoms with E-state index in [4.69, 9.17) is 14.7 Å². The molecule has 0 unspecified atom stereocenters. The first-order valence-corrected chi connectivity index (χ1v) is 11.7. The third-order valence-electron chi connectivity index (χ3n) is 6.28. The summed E-state index contributed by atoms with van der Waals surface area (Å²) >= 11 is 0. The van der Waals surface area contributed by atoms with Crippen LogP contribution in [0.2, 0.25) is 0 Å². The number of amides is 2. The van der Waals surface area contributed by atoms with Gasteiger partial charge in [0.15, 0.2) is 5.82 Å². The van der Waals surface area contributed by atoms with Crippen molar-refractivity contribution in [3.63, 3.8) is 0 Å². The summed E-state index contributed by atoms with van der Waals surface area (Å²) < 4.78 is 5.75. The first-order valence-electron chi connectivity index (χ1n) is 11.7. The van der Waals surface area contributed by atoms with Crippen LogP contribution in [0.25, 0.3) is 11.4 Å². The quantitative estimate of drug-likeness (QED) is 0.720. The average Bonchev–Trinajstić information content (AvgIpc) is 2.83. The highest BCUT2D eigenvalue weighted by molar-refractivity contribution is 5.89. The summed E-state index contributed by atoms with van der Waals surface area (Å²) in [6.07, 6.45) is 2.00. The normalized spacial score (nSPS) is 18.8. The Bertz CT molecular complexity index is 933. The number of hydrogen-bond donors (Lipinski definition) is 2. The maximum Gasteiger partial charge on any atom is 0.319 e. The van der Waals surface area contributed by atoms with Gasteiger partial charge in [0.05, 0.1) is 24.9 Å². The predicted molar refractivity (Wildman–Crippen MR) is 127 cm³/mol. The van der Waals surface area contributed by atoms with Gasteiger partial charge in [-0.15, -0.1) is 0 Å². The maximum atomic E-state index is 11.8. The van der Waals surface area contributed by atoms with Gasteiger partial charge in [-0.1, -0.05) is 13.8 Å². The summed E-state index contributed by atoms with van der Waals surface area (Å²) in [4.78, 5) is 26.7. The van der Waals surface area contributed by atoms with E-state index < -0.39 is 0 Å². The largest absolute Gasteiger partial charge is 0.377 e. The number of benzene rings is 1. The number of fused-ring (bicyclic) bond motifs is 1. The number of carbonyl (C=O) groups is 1. The smallest absolute Gasteiger partial charge is 0.319 e. The van der Waals surface area contributed by atoms with E-state index in [9.17, 15) is 4.79 Å². The van der Waals surface area contributed by atoms with Crippen molar-refractivity contribution in [2.45, 2.75) is 46.2 Å². The minimum Gasteiger partial charge on any atom is -0.377 e. The number of nitrogens with zero attached hydrogens (tertiary/aromatic N) is 4. The second-order valence-electron chi connectivity index (χ2n) is 8.31. The molecule has 2 N–H and O–H groups in total. The fraction of sp³-hybridized carbons (Fsp3) is 0.542. The number of hydrogen-bond acceptors (Lipinski definition) is 6. The molecule has 8 nitrogen and oxygen atoms in total. The molecule has 32 heavy (non-hydrogen) atoms. The lowest BCUT2D eigenvalue weighted by molar-refractivity contribution is 0.0923. The van der Waals surface area contributed by atoms with Crippen LogP contribution in [0.15, 0.2) is 24.3 Å². The number of ether oxygens (including phenoxy) is 1. The molecule has 172 valence electrons. The molecule has 1 atom stereocenters. The molecule has 1 saturated heterocycles. The Hall–Kier alpha value is -2.71. The monoisotopic (exact) mass is 438 g/mol. The Balaban J connectivity index is 1.68. The van der Waals surface area contributed by atoms with Crippen LogP contribution in [0.5, 0.6) is 0 Å². The predicted octanol–water partition coefficient (Wildman–Crippen LogP) is 3.28. The van der Waals surface area contributed by atoms with Crippen LogP contribution in [0, 0.1) is 0 Å². The van der Waals surface area contributed by atoms with Crippen LogP contribution in [0.3, 0.4) is 0 Å². The van der Waals surface area contributed by atoms with E-state index in [2.05, 4.69) is 34.3 Å². The number of anilines is 2. The molecule has 2 aliphatic heterocycles. The molecule has 3 heterocycles. The van der Waals surface area contributed by atoms with Gasteiger partial charge in [-0.05, 0) is 50.6 Å². The zero-order chi connectivity index (χ0) is 22.5. The Morgan fingerprint density at radius 2 is 1.97 bits per heavy atom. The number of morpholine rings is 1. The molecule has 1 fully saturated rings. The summed E-state index contributed by atoms with van der Waals surface area (Å²) in [5, 5.41) is 5.58. The maximum absolute atomic E-state index is 11.8. The molecule has 2 aliphatic rings. The molecule has 0 saturated carbocycles. The molecular weight excluding hydrogens is 404 g/mol. The number of carbonyl (C=O) groups excluding carboxylic acids is 1. The Morgan fingerprint density at radius 1 is 1.16 bits per heavy atom. The van der Waals surface area contributed by atoms with Crippen LogP contribution in [0.1, 0.15) is 38.4 Å². The molecule has 0 aliphatic carbocycles. The molecule has 0 bridgehead atoms. The highest BCUT2D eigenvalue weighted by Gasteiger charge is 2.29. The standard InChI is InChI=1S/C24H34N6O2/c1-4-19-16-32-14-13-30(19)23-20-11-12-29(6-3)15-21(20)27-22(28-23)17-7-9-18(10-8-17)26-24(31)25-5-2/h7-10,19H,4-6,11-16H2,1-3H3,(H2,25,26,31)/t19-/m0/s1. The molecule has 2 aromatic rings. The summed E-state index contributed by atoms with van der Waals surface area (Å²) in [7, 11) is 0. The van der Waals surface area contributed by atoms with Crippen LogP contribution in [0.4, 0.5) is 16.3 Å². The Labute approximate surface area is 190 Å². The van der Waals surface area contributed by atoms with Crippen molar-refractivity contribution in [2.75, 3.05) is 49.6 Å². The molecule has 1 aromatic carbocycles. The number of aromatic nitrogens is 2. The number of likely N-dealkylation sites (N-methyl/N-ethyl adjacent to an activating group) is 1. The van der Waals surface area contributed by atoms with E-state index in [1.165, 1.54) is 5.56 Å². The average molecular weight is 439 g/mol. The van der Waals surface area contributed by atoms with Crippen LogP contribution >= 0.6 is 0 Å².